The van der Waals surface area contributed by atoms with Crippen molar-refractivity contribution >= 4 is 12.3 Å². The number of hydrogen-bond donors (Lipinski definition) is 0. The van der Waals surface area contributed by atoms with E-state index in [4.69, 9.17) is 9.47 Å². The van der Waals surface area contributed by atoms with Gasteiger partial charge in [-0.15, -0.1) is 0 Å². The van der Waals surface area contributed by atoms with E-state index in [0.717, 1.165) is 12.1 Å². The lowest BCUT2D eigenvalue weighted by Crippen LogP contribution is -2.26. The third-order valence-electron chi connectivity index (χ3n) is 2.02. The van der Waals surface area contributed by atoms with Crippen molar-refractivity contribution in [3.63, 3.8) is 0 Å². The minimum atomic E-state index is -0.848. The molecule has 92 valence electrons. The maximum absolute atomic E-state index is 12.8. The lowest BCUT2D eigenvalue weighted by atomic mass is 10.2. The zero-order valence-corrected chi connectivity index (χ0v) is 9.60. The van der Waals surface area contributed by atoms with E-state index in [2.05, 4.69) is 0 Å². The molecule has 0 heterocycles. The number of benzene rings is 1. The van der Waals surface area contributed by atoms with Crippen LogP contribution in [0.5, 0.6) is 5.75 Å². The molecular weight excluding hydrogens is 227 g/mol. The first-order chi connectivity index (χ1) is 8.08. The summed E-state index contributed by atoms with van der Waals surface area (Å²) in [5.74, 6) is -0.918. The number of carbonyl (C=O) groups excluding carboxylic acids is 2. The van der Waals surface area contributed by atoms with Gasteiger partial charge in [0, 0.05) is 0 Å². The van der Waals surface area contributed by atoms with Gasteiger partial charge in [-0.1, -0.05) is 0 Å². The molecule has 0 aromatic heterocycles. The van der Waals surface area contributed by atoms with E-state index in [1.165, 1.54) is 13.0 Å². The fourth-order valence-corrected chi connectivity index (χ4v) is 1.22. The predicted molar refractivity (Wildman–Crippen MR) is 58.5 cm³/mol. The third-order valence-corrected chi connectivity index (χ3v) is 2.02. The Balaban J connectivity index is 2.80. The molecule has 0 bridgehead atoms. The van der Waals surface area contributed by atoms with Crippen LogP contribution in [0.4, 0.5) is 4.39 Å². The Morgan fingerprint density at radius 3 is 2.82 bits per heavy atom. The molecule has 1 rings (SSSR count). The van der Waals surface area contributed by atoms with Crippen molar-refractivity contribution in [2.45, 2.75) is 20.0 Å². The van der Waals surface area contributed by atoms with Gasteiger partial charge >= 0.3 is 5.97 Å². The minimum Gasteiger partial charge on any atom is -0.478 e. The fraction of sp³-hybridized carbons (Fsp3) is 0.333. The highest BCUT2D eigenvalue weighted by molar-refractivity contribution is 5.80. The van der Waals surface area contributed by atoms with E-state index >= 15 is 0 Å². The topological polar surface area (TPSA) is 52.6 Å². The number of esters is 1. The molecule has 0 fully saturated rings. The second kappa shape index (κ2) is 5.98. The van der Waals surface area contributed by atoms with Crippen LogP contribution in [0.2, 0.25) is 0 Å². The Morgan fingerprint density at radius 2 is 2.24 bits per heavy atom. The number of halogens is 1. The van der Waals surface area contributed by atoms with Crippen molar-refractivity contribution in [2.75, 3.05) is 6.61 Å². The van der Waals surface area contributed by atoms with Crippen LogP contribution in [-0.2, 0) is 9.53 Å². The Morgan fingerprint density at radius 1 is 1.53 bits per heavy atom. The van der Waals surface area contributed by atoms with Gasteiger partial charge in [0.05, 0.1) is 12.2 Å². The lowest BCUT2D eigenvalue weighted by Gasteiger charge is -2.14. The average Bonchev–Trinajstić information content (AvgIpc) is 2.31. The van der Waals surface area contributed by atoms with E-state index in [1.807, 2.05) is 0 Å². The Labute approximate surface area is 98.3 Å². The Hall–Kier alpha value is -1.91. The van der Waals surface area contributed by atoms with Gasteiger partial charge < -0.3 is 9.47 Å². The highest BCUT2D eigenvalue weighted by Crippen LogP contribution is 2.19. The van der Waals surface area contributed by atoms with Gasteiger partial charge in [-0.25, -0.2) is 9.18 Å². The molecule has 5 heteroatoms. The molecule has 4 nitrogen and oxygen atoms in total. The predicted octanol–water partition coefficient (Wildman–Crippen LogP) is 1.97. The first-order valence-corrected chi connectivity index (χ1v) is 5.16. The van der Waals surface area contributed by atoms with Crippen molar-refractivity contribution in [2.24, 2.45) is 0 Å². The van der Waals surface area contributed by atoms with Crippen LogP contribution in [0.15, 0.2) is 18.2 Å². The van der Waals surface area contributed by atoms with Gasteiger partial charge in [0.15, 0.2) is 12.4 Å². The largest absolute Gasteiger partial charge is 0.478 e. The number of hydrogen-bond acceptors (Lipinski definition) is 4. The number of rotatable bonds is 5. The normalized spacial score (nSPS) is 11.7. The Kier molecular flexibility index (Phi) is 4.63. The molecule has 1 aromatic carbocycles. The van der Waals surface area contributed by atoms with E-state index in [9.17, 15) is 14.0 Å². The van der Waals surface area contributed by atoms with Crippen molar-refractivity contribution in [1.29, 1.82) is 0 Å². The molecule has 17 heavy (non-hydrogen) atoms. The van der Waals surface area contributed by atoms with E-state index < -0.39 is 17.9 Å². The minimum absolute atomic E-state index is 0.0566. The van der Waals surface area contributed by atoms with Crippen LogP contribution in [-0.4, -0.2) is 25.0 Å². The van der Waals surface area contributed by atoms with Gasteiger partial charge in [-0.2, -0.15) is 0 Å². The molecule has 1 aromatic rings. The average molecular weight is 240 g/mol. The van der Waals surface area contributed by atoms with Crippen LogP contribution in [0, 0.1) is 5.82 Å². The summed E-state index contributed by atoms with van der Waals surface area (Å²) in [6, 6.07) is 3.50. The molecule has 0 saturated carbocycles. The monoisotopic (exact) mass is 240 g/mol. The summed E-state index contributed by atoms with van der Waals surface area (Å²) < 4.78 is 22.8. The highest BCUT2D eigenvalue weighted by Gasteiger charge is 2.17. The molecule has 0 radical (unpaired) electrons. The molecule has 0 aliphatic heterocycles. The van der Waals surface area contributed by atoms with E-state index in [0.29, 0.717) is 6.29 Å². The second-order valence-electron chi connectivity index (χ2n) is 3.31. The fourth-order valence-electron chi connectivity index (χ4n) is 1.22. The molecule has 1 unspecified atom stereocenters. The lowest BCUT2D eigenvalue weighted by molar-refractivity contribution is -0.150. The van der Waals surface area contributed by atoms with Crippen molar-refractivity contribution < 1.29 is 23.5 Å². The first-order valence-electron chi connectivity index (χ1n) is 5.16. The quantitative estimate of drug-likeness (QED) is 0.583. The van der Waals surface area contributed by atoms with E-state index in [-0.39, 0.29) is 17.9 Å². The zero-order valence-electron chi connectivity index (χ0n) is 9.60. The van der Waals surface area contributed by atoms with Crippen molar-refractivity contribution in [1.82, 2.24) is 0 Å². The maximum atomic E-state index is 12.8. The van der Waals surface area contributed by atoms with E-state index in [1.54, 1.807) is 6.92 Å². The Bertz CT molecular complexity index is 417. The number of aldehydes is 1. The van der Waals surface area contributed by atoms with Crippen LogP contribution < -0.4 is 4.74 Å². The summed E-state index contributed by atoms with van der Waals surface area (Å²) in [6.07, 6.45) is -0.380. The van der Waals surface area contributed by atoms with Gasteiger partial charge in [-0.05, 0) is 32.0 Å². The first kappa shape index (κ1) is 13.2. The summed E-state index contributed by atoms with van der Waals surface area (Å²) in [5, 5.41) is 0. The number of carbonyl (C=O) groups is 2. The van der Waals surface area contributed by atoms with Crippen LogP contribution in [0.1, 0.15) is 24.2 Å². The third kappa shape index (κ3) is 3.55. The van der Waals surface area contributed by atoms with Crippen molar-refractivity contribution in [3.05, 3.63) is 29.6 Å². The molecule has 0 aliphatic rings. The molecular formula is C12H13FO4. The second-order valence-corrected chi connectivity index (χ2v) is 3.31. The maximum Gasteiger partial charge on any atom is 0.347 e. The zero-order chi connectivity index (χ0) is 12.8. The van der Waals surface area contributed by atoms with Crippen LogP contribution in [0.25, 0.3) is 0 Å². The molecule has 0 amide bonds. The SMILES string of the molecule is CCOC(=O)C(C)Oc1ccc(F)cc1C=O. The van der Waals surface area contributed by atoms with Crippen LogP contribution >= 0.6 is 0 Å². The summed E-state index contributed by atoms with van der Waals surface area (Å²) in [6.45, 7) is 3.42. The molecule has 0 saturated heterocycles. The van der Waals surface area contributed by atoms with Crippen molar-refractivity contribution in [3.8, 4) is 5.75 Å². The molecule has 0 spiro atoms. The van der Waals surface area contributed by atoms with Gasteiger partial charge in [-0.3, -0.25) is 4.79 Å². The van der Waals surface area contributed by atoms with Gasteiger partial charge in [0.25, 0.3) is 0 Å². The molecule has 0 N–H and O–H groups in total. The smallest absolute Gasteiger partial charge is 0.347 e. The van der Waals surface area contributed by atoms with Gasteiger partial charge in [0.1, 0.15) is 11.6 Å². The summed E-state index contributed by atoms with van der Waals surface area (Å²) in [5.41, 5.74) is 0.0566. The van der Waals surface area contributed by atoms with Crippen LogP contribution in [0.3, 0.4) is 0 Å². The molecule has 0 aliphatic carbocycles. The summed E-state index contributed by atoms with van der Waals surface area (Å²) >= 11 is 0. The number of ether oxygens (including phenoxy) is 2. The highest BCUT2D eigenvalue weighted by atomic mass is 19.1. The molecule has 1 atom stereocenters. The summed E-state index contributed by atoms with van der Waals surface area (Å²) in [7, 11) is 0. The van der Waals surface area contributed by atoms with Gasteiger partial charge in [0.2, 0.25) is 0 Å². The standard InChI is InChI=1S/C12H13FO4/c1-3-16-12(15)8(2)17-11-5-4-10(13)6-9(11)7-14/h4-8H,3H2,1-2H3. The summed E-state index contributed by atoms with van der Waals surface area (Å²) in [4.78, 5) is 22.0.